The summed E-state index contributed by atoms with van der Waals surface area (Å²) in [7, 11) is 0. The first-order valence-corrected chi connectivity index (χ1v) is 6.79. The molecule has 6 nitrogen and oxygen atoms in total. The Morgan fingerprint density at radius 2 is 1.95 bits per heavy atom. The van der Waals surface area contributed by atoms with Crippen molar-refractivity contribution in [2.45, 2.75) is 13.8 Å². The number of piperazine rings is 1. The van der Waals surface area contributed by atoms with Crippen LogP contribution in [0.1, 0.15) is 22.8 Å². The highest BCUT2D eigenvalue weighted by atomic mass is 16.6. The van der Waals surface area contributed by atoms with E-state index >= 15 is 0 Å². The molecule has 0 atom stereocenters. The number of nitro groups is 1. The summed E-state index contributed by atoms with van der Waals surface area (Å²) >= 11 is 0. The molecule has 2 rings (SSSR count). The largest absolute Gasteiger partial charge is 0.336 e. The summed E-state index contributed by atoms with van der Waals surface area (Å²) in [4.78, 5) is 26.9. The van der Waals surface area contributed by atoms with Crippen molar-refractivity contribution in [3.05, 3.63) is 39.4 Å². The summed E-state index contributed by atoms with van der Waals surface area (Å²) in [5.41, 5.74) is 0.970. The van der Waals surface area contributed by atoms with Gasteiger partial charge in [0.1, 0.15) is 0 Å². The molecule has 1 aliphatic rings. The Labute approximate surface area is 118 Å². The normalized spacial score (nSPS) is 16.2. The van der Waals surface area contributed by atoms with Gasteiger partial charge in [0.25, 0.3) is 11.6 Å². The van der Waals surface area contributed by atoms with Crippen molar-refractivity contribution < 1.29 is 9.72 Å². The van der Waals surface area contributed by atoms with E-state index in [4.69, 9.17) is 0 Å². The quantitative estimate of drug-likeness (QED) is 0.623. The van der Waals surface area contributed by atoms with Gasteiger partial charge in [0.2, 0.25) is 0 Å². The number of nitrogens with zero attached hydrogens (tertiary/aromatic N) is 3. The van der Waals surface area contributed by atoms with Crippen LogP contribution in [0.5, 0.6) is 0 Å². The summed E-state index contributed by atoms with van der Waals surface area (Å²) < 4.78 is 0. The van der Waals surface area contributed by atoms with Crippen molar-refractivity contribution in [2.24, 2.45) is 0 Å². The zero-order valence-corrected chi connectivity index (χ0v) is 11.8. The Bertz CT molecular complexity index is 522. The lowest BCUT2D eigenvalue weighted by Crippen LogP contribution is -2.48. The van der Waals surface area contributed by atoms with Crippen molar-refractivity contribution in [1.82, 2.24) is 9.80 Å². The number of carbonyl (C=O) groups is 1. The molecule has 0 aliphatic carbocycles. The third-order valence-corrected chi connectivity index (χ3v) is 3.76. The maximum atomic E-state index is 12.4. The maximum absolute atomic E-state index is 12.4. The second kappa shape index (κ2) is 6.00. The highest BCUT2D eigenvalue weighted by molar-refractivity contribution is 5.95. The number of aryl methyl sites for hydroxylation is 1. The minimum Gasteiger partial charge on any atom is -0.336 e. The molecule has 0 unspecified atom stereocenters. The predicted octanol–water partition coefficient (Wildman–Crippen LogP) is 1.68. The SMILES string of the molecule is CCN1CCN(C(=O)c2ccc(C)c([N+](=O)[O-])c2)CC1. The highest BCUT2D eigenvalue weighted by Crippen LogP contribution is 2.20. The molecule has 20 heavy (non-hydrogen) atoms. The van der Waals surface area contributed by atoms with Gasteiger partial charge in [0.15, 0.2) is 0 Å². The average molecular weight is 277 g/mol. The highest BCUT2D eigenvalue weighted by Gasteiger charge is 2.23. The lowest BCUT2D eigenvalue weighted by atomic mass is 10.1. The van der Waals surface area contributed by atoms with Gasteiger partial charge < -0.3 is 9.80 Å². The number of nitro benzene ring substituents is 1. The van der Waals surface area contributed by atoms with Crippen molar-refractivity contribution in [3.8, 4) is 0 Å². The number of hydrogen-bond donors (Lipinski definition) is 0. The first-order valence-electron chi connectivity index (χ1n) is 6.79. The molecule has 0 N–H and O–H groups in total. The Morgan fingerprint density at radius 1 is 1.30 bits per heavy atom. The molecule has 0 aromatic heterocycles. The number of carbonyl (C=O) groups excluding carboxylic acids is 1. The number of likely N-dealkylation sites (N-methyl/N-ethyl adjacent to an activating group) is 1. The molecule has 108 valence electrons. The van der Waals surface area contributed by atoms with Gasteiger partial charge in [-0.15, -0.1) is 0 Å². The van der Waals surface area contributed by atoms with E-state index in [1.807, 2.05) is 0 Å². The molecular formula is C14H19N3O3. The van der Waals surface area contributed by atoms with Crippen LogP contribution < -0.4 is 0 Å². The van der Waals surface area contributed by atoms with Crippen LogP contribution in [0.25, 0.3) is 0 Å². The van der Waals surface area contributed by atoms with E-state index in [0.29, 0.717) is 24.2 Å². The van der Waals surface area contributed by atoms with E-state index in [1.165, 1.54) is 6.07 Å². The lowest BCUT2D eigenvalue weighted by Gasteiger charge is -2.34. The molecule has 1 aliphatic heterocycles. The minimum atomic E-state index is -0.443. The molecule has 0 saturated carbocycles. The fourth-order valence-electron chi connectivity index (χ4n) is 2.39. The molecule has 1 amide bonds. The number of rotatable bonds is 3. The van der Waals surface area contributed by atoms with E-state index in [2.05, 4.69) is 11.8 Å². The van der Waals surface area contributed by atoms with Crippen molar-refractivity contribution in [1.29, 1.82) is 0 Å². The van der Waals surface area contributed by atoms with Crippen LogP contribution in [-0.2, 0) is 0 Å². The van der Waals surface area contributed by atoms with E-state index < -0.39 is 4.92 Å². The van der Waals surface area contributed by atoms with Gasteiger partial charge in [-0.2, -0.15) is 0 Å². The molecule has 6 heteroatoms. The zero-order chi connectivity index (χ0) is 14.7. The summed E-state index contributed by atoms with van der Waals surface area (Å²) in [5, 5.41) is 10.9. The molecule has 1 heterocycles. The second-order valence-electron chi connectivity index (χ2n) is 4.98. The Balaban J connectivity index is 2.14. The van der Waals surface area contributed by atoms with E-state index in [-0.39, 0.29) is 11.6 Å². The number of hydrogen-bond acceptors (Lipinski definition) is 4. The summed E-state index contributed by atoms with van der Waals surface area (Å²) in [6.45, 7) is 7.82. The maximum Gasteiger partial charge on any atom is 0.273 e. The molecule has 1 saturated heterocycles. The van der Waals surface area contributed by atoms with Gasteiger partial charge in [-0.1, -0.05) is 13.0 Å². The molecule has 1 aromatic rings. The average Bonchev–Trinajstić information content (AvgIpc) is 2.47. The van der Waals surface area contributed by atoms with Crippen LogP contribution in [0.4, 0.5) is 5.69 Å². The molecule has 0 bridgehead atoms. The van der Waals surface area contributed by atoms with E-state index in [9.17, 15) is 14.9 Å². The van der Waals surface area contributed by atoms with Gasteiger partial charge in [0, 0.05) is 43.4 Å². The third kappa shape index (κ3) is 2.96. The molecule has 1 aromatic carbocycles. The Hall–Kier alpha value is -1.95. The fourth-order valence-corrected chi connectivity index (χ4v) is 2.39. The van der Waals surface area contributed by atoms with Crippen molar-refractivity contribution >= 4 is 11.6 Å². The lowest BCUT2D eigenvalue weighted by molar-refractivity contribution is -0.385. The van der Waals surface area contributed by atoms with Crippen LogP contribution in [0.2, 0.25) is 0 Å². The number of amides is 1. The van der Waals surface area contributed by atoms with Crippen molar-refractivity contribution in [3.63, 3.8) is 0 Å². The first-order chi connectivity index (χ1) is 9.52. The molecule has 1 fully saturated rings. The summed E-state index contributed by atoms with van der Waals surface area (Å²) in [5.74, 6) is -0.121. The van der Waals surface area contributed by atoms with Gasteiger partial charge in [-0.05, 0) is 19.5 Å². The van der Waals surface area contributed by atoms with Crippen LogP contribution in [0.15, 0.2) is 18.2 Å². The summed E-state index contributed by atoms with van der Waals surface area (Å²) in [6.07, 6.45) is 0. The molecule has 0 spiro atoms. The van der Waals surface area contributed by atoms with Gasteiger partial charge >= 0.3 is 0 Å². The summed E-state index contributed by atoms with van der Waals surface area (Å²) in [6, 6.07) is 4.67. The number of benzene rings is 1. The minimum absolute atomic E-state index is 0.00282. The van der Waals surface area contributed by atoms with Crippen molar-refractivity contribution in [2.75, 3.05) is 32.7 Å². The standard InChI is InChI=1S/C14H19N3O3/c1-3-15-6-8-16(9-7-15)14(18)12-5-4-11(2)13(10-12)17(19)20/h4-5,10H,3,6-9H2,1-2H3. The Kier molecular flexibility index (Phi) is 4.34. The van der Waals surface area contributed by atoms with Gasteiger partial charge in [0.05, 0.1) is 4.92 Å². The first kappa shape index (κ1) is 14.5. The van der Waals surface area contributed by atoms with Crippen LogP contribution in [0, 0.1) is 17.0 Å². The van der Waals surface area contributed by atoms with E-state index in [1.54, 1.807) is 24.0 Å². The van der Waals surface area contributed by atoms with Crippen LogP contribution in [0.3, 0.4) is 0 Å². The van der Waals surface area contributed by atoms with Gasteiger partial charge in [-0.3, -0.25) is 14.9 Å². The smallest absolute Gasteiger partial charge is 0.273 e. The molecular weight excluding hydrogens is 258 g/mol. The predicted molar refractivity (Wildman–Crippen MR) is 75.9 cm³/mol. The molecule has 0 radical (unpaired) electrons. The monoisotopic (exact) mass is 277 g/mol. The van der Waals surface area contributed by atoms with Crippen LogP contribution in [-0.4, -0.2) is 53.4 Å². The fraction of sp³-hybridized carbons (Fsp3) is 0.500. The van der Waals surface area contributed by atoms with Crippen LogP contribution >= 0.6 is 0 Å². The van der Waals surface area contributed by atoms with E-state index in [0.717, 1.165) is 19.6 Å². The second-order valence-corrected chi connectivity index (χ2v) is 4.98. The Morgan fingerprint density at radius 3 is 2.50 bits per heavy atom. The zero-order valence-electron chi connectivity index (χ0n) is 11.8. The third-order valence-electron chi connectivity index (χ3n) is 3.76. The topological polar surface area (TPSA) is 66.7 Å². The van der Waals surface area contributed by atoms with Gasteiger partial charge in [-0.25, -0.2) is 0 Å².